The van der Waals surface area contributed by atoms with Gasteiger partial charge in [0.2, 0.25) is 0 Å². The van der Waals surface area contributed by atoms with E-state index in [1.807, 2.05) is 6.26 Å². The molecule has 1 aromatic carbocycles. The van der Waals surface area contributed by atoms with E-state index in [2.05, 4.69) is 77.6 Å². The summed E-state index contributed by atoms with van der Waals surface area (Å²) in [6, 6.07) is 9.21. The molecule has 23 heavy (non-hydrogen) atoms. The standard InChI is InChI=1S/C21H27NO/c1-13-9-8-10-15-17(13)22-14(2)18-16(11-12-23-18)21(22,7)20(5,6)19(15,3)4/h8-12,14H,1-7H3/t14-,21?/m0/s1. The van der Waals surface area contributed by atoms with Crippen LogP contribution in [0.15, 0.2) is 34.9 Å². The van der Waals surface area contributed by atoms with E-state index in [0.29, 0.717) is 0 Å². The van der Waals surface area contributed by atoms with Crippen LogP contribution in [0.25, 0.3) is 0 Å². The fourth-order valence-electron chi connectivity index (χ4n) is 5.16. The molecule has 0 N–H and O–H groups in total. The van der Waals surface area contributed by atoms with E-state index in [1.54, 1.807) is 0 Å². The number of hydrogen-bond acceptors (Lipinski definition) is 2. The number of aryl methyl sites for hydroxylation is 1. The number of anilines is 1. The van der Waals surface area contributed by atoms with Gasteiger partial charge in [-0.3, -0.25) is 0 Å². The summed E-state index contributed by atoms with van der Waals surface area (Å²) >= 11 is 0. The van der Waals surface area contributed by atoms with Crippen LogP contribution in [0.2, 0.25) is 0 Å². The molecule has 3 heterocycles. The predicted octanol–water partition coefficient (Wildman–Crippen LogP) is 5.70. The van der Waals surface area contributed by atoms with Crippen LogP contribution in [0, 0.1) is 12.3 Å². The van der Waals surface area contributed by atoms with Gasteiger partial charge in [0.05, 0.1) is 17.8 Å². The van der Waals surface area contributed by atoms with Gasteiger partial charge in [-0.05, 0) is 43.4 Å². The van der Waals surface area contributed by atoms with Crippen LogP contribution < -0.4 is 4.90 Å². The molecule has 1 aromatic heterocycles. The van der Waals surface area contributed by atoms with Crippen LogP contribution >= 0.6 is 0 Å². The molecule has 2 nitrogen and oxygen atoms in total. The Morgan fingerprint density at radius 2 is 1.70 bits per heavy atom. The van der Waals surface area contributed by atoms with E-state index >= 15 is 0 Å². The molecule has 2 aliphatic rings. The average molecular weight is 309 g/mol. The molecule has 0 aliphatic carbocycles. The maximum Gasteiger partial charge on any atom is 0.131 e. The number of fused-ring (bicyclic) bond motifs is 5. The second-order valence-corrected chi connectivity index (χ2v) is 8.54. The number of nitrogens with zero attached hydrogens (tertiary/aromatic N) is 1. The minimum absolute atomic E-state index is 0.0597. The predicted molar refractivity (Wildman–Crippen MR) is 94.9 cm³/mol. The summed E-state index contributed by atoms with van der Waals surface area (Å²) in [7, 11) is 0. The van der Waals surface area contributed by atoms with Crippen molar-refractivity contribution in [2.45, 2.75) is 65.5 Å². The third-order valence-electron chi connectivity index (χ3n) is 7.40. The van der Waals surface area contributed by atoms with Crippen molar-refractivity contribution < 1.29 is 4.42 Å². The minimum atomic E-state index is -0.0721. The van der Waals surface area contributed by atoms with Gasteiger partial charge < -0.3 is 9.32 Å². The van der Waals surface area contributed by atoms with Gasteiger partial charge in [0.25, 0.3) is 0 Å². The Balaban J connectivity index is 2.15. The van der Waals surface area contributed by atoms with Gasteiger partial charge in [0.1, 0.15) is 5.76 Å². The molecule has 4 rings (SSSR count). The van der Waals surface area contributed by atoms with Crippen LogP contribution in [0.3, 0.4) is 0 Å². The highest BCUT2D eigenvalue weighted by Crippen LogP contribution is 2.67. The first kappa shape index (κ1) is 14.9. The summed E-state index contributed by atoms with van der Waals surface area (Å²) in [4.78, 5) is 2.62. The Bertz CT molecular complexity index is 798. The van der Waals surface area contributed by atoms with Gasteiger partial charge >= 0.3 is 0 Å². The Morgan fingerprint density at radius 1 is 1.00 bits per heavy atom. The summed E-state index contributed by atoms with van der Waals surface area (Å²) in [5.74, 6) is 1.13. The van der Waals surface area contributed by atoms with E-state index in [-0.39, 0.29) is 22.4 Å². The minimum Gasteiger partial charge on any atom is -0.467 e. The summed E-state index contributed by atoms with van der Waals surface area (Å²) < 4.78 is 5.92. The van der Waals surface area contributed by atoms with Crippen molar-refractivity contribution in [3.63, 3.8) is 0 Å². The van der Waals surface area contributed by atoms with E-state index in [1.165, 1.54) is 22.4 Å². The molecule has 2 atom stereocenters. The lowest BCUT2D eigenvalue weighted by atomic mass is 9.51. The highest BCUT2D eigenvalue weighted by molar-refractivity contribution is 5.71. The van der Waals surface area contributed by atoms with Crippen LogP contribution in [-0.4, -0.2) is 0 Å². The molecule has 1 unspecified atom stereocenters. The maximum atomic E-state index is 5.92. The van der Waals surface area contributed by atoms with Crippen molar-refractivity contribution in [2.75, 3.05) is 4.90 Å². The van der Waals surface area contributed by atoms with Crippen LogP contribution in [0.5, 0.6) is 0 Å². The van der Waals surface area contributed by atoms with Crippen molar-refractivity contribution in [2.24, 2.45) is 5.41 Å². The van der Waals surface area contributed by atoms with Gasteiger partial charge in [0, 0.05) is 16.7 Å². The zero-order valence-corrected chi connectivity index (χ0v) is 15.3. The number of para-hydroxylation sites is 1. The summed E-state index contributed by atoms with van der Waals surface area (Å²) in [5, 5.41) is 0. The quantitative estimate of drug-likeness (QED) is 0.620. The molecule has 122 valence electrons. The van der Waals surface area contributed by atoms with Crippen LogP contribution in [-0.2, 0) is 11.0 Å². The molecule has 0 saturated heterocycles. The first-order chi connectivity index (χ1) is 10.7. The largest absolute Gasteiger partial charge is 0.467 e. The first-order valence-corrected chi connectivity index (χ1v) is 8.63. The molecule has 0 radical (unpaired) electrons. The number of rotatable bonds is 0. The average Bonchev–Trinajstić information content (AvgIpc) is 3.03. The summed E-state index contributed by atoms with van der Waals surface area (Å²) in [5.41, 5.74) is 5.63. The molecular weight excluding hydrogens is 282 g/mol. The summed E-state index contributed by atoms with van der Waals surface area (Å²) in [6.07, 6.45) is 1.86. The Hall–Kier alpha value is -1.70. The Kier molecular flexibility index (Phi) is 2.61. The van der Waals surface area contributed by atoms with Gasteiger partial charge in [-0.1, -0.05) is 45.9 Å². The highest BCUT2D eigenvalue weighted by Gasteiger charge is 2.64. The first-order valence-electron chi connectivity index (χ1n) is 8.63. The van der Waals surface area contributed by atoms with Crippen LogP contribution in [0.4, 0.5) is 5.69 Å². The molecule has 0 bridgehead atoms. The normalized spacial score (nSPS) is 29.9. The molecule has 2 heteroatoms. The molecule has 2 aromatic rings. The molecule has 0 fully saturated rings. The topological polar surface area (TPSA) is 16.4 Å². The maximum absolute atomic E-state index is 5.92. The Labute approximate surface area is 139 Å². The van der Waals surface area contributed by atoms with Crippen molar-refractivity contribution in [1.29, 1.82) is 0 Å². The third-order valence-corrected chi connectivity index (χ3v) is 7.40. The molecule has 0 amide bonds. The fourth-order valence-corrected chi connectivity index (χ4v) is 5.16. The van der Waals surface area contributed by atoms with Gasteiger partial charge in [-0.25, -0.2) is 0 Å². The molecular formula is C21H27NO. The SMILES string of the molecule is Cc1cccc2c1N1[C@@H](C)c3occc3C1(C)C(C)(C)C2(C)C. The lowest BCUT2D eigenvalue weighted by molar-refractivity contribution is 0.0651. The van der Waals surface area contributed by atoms with Gasteiger partial charge in [-0.15, -0.1) is 0 Å². The van der Waals surface area contributed by atoms with Crippen molar-refractivity contribution in [3.8, 4) is 0 Å². The van der Waals surface area contributed by atoms with Crippen molar-refractivity contribution in [3.05, 3.63) is 53.0 Å². The van der Waals surface area contributed by atoms with E-state index in [0.717, 1.165) is 5.76 Å². The highest BCUT2D eigenvalue weighted by atomic mass is 16.3. The second kappa shape index (κ2) is 4.03. The number of benzene rings is 1. The Morgan fingerprint density at radius 3 is 2.39 bits per heavy atom. The second-order valence-electron chi connectivity index (χ2n) is 8.54. The van der Waals surface area contributed by atoms with Gasteiger partial charge in [-0.2, -0.15) is 0 Å². The third kappa shape index (κ3) is 1.38. The lowest BCUT2D eigenvalue weighted by Gasteiger charge is -2.62. The van der Waals surface area contributed by atoms with Crippen molar-refractivity contribution >= 4 is 5.69 Å². The monoisotopic (exact) mass is 309 g/mol. The van der Waals surface area contributed by atoms with E-state index in [4.69, 9.17) is 4.42 Å². The van der Waals surface area contributed by atoms with Gasteiger partial charge in [0.15, 0.2) is 0 Å². The van der Waals surface area contributed by atoms with E-state index < -0.39 is 0 Å². The smallest absolute Gasteiger partial charge is 0.131 e. The summed E-state index contributed by atoms with van der Waals surface area (Å²) in [6.45, 7) is 16.5. The molecule has 0 spiro atoms. The molecule has 0 saturated carbocycles. The van der Waals surface area contributed by atoms with Crippen LogP contribution in [0.1, 0.15) is 70.0 Å². The van der Waals surface area contributed by atoms with Crippen molar-refractivity contribution in [1.82, 2.24) is 0 Å². The van der Waals surface area contributed by atoms with E-state index in [9.17, 15) is 0 Å². The zero-order valence-electron chi connectivity index (χ0n) is 15.3. The lowest BCUT2D eigenvalue weighted by Crippen LogP contribution is -2.62. The number of furan rings is 1. The molecule has 2 aliphatic heterocycles. The zero-order chi connectivity index (χ0) is 16.8. The fraction of sp³-hybridized carbons (Fsp3) is 0.524. The number of hydrogen-bond donors (Lipinski definition) is 0.